The molecule has 0 N–H and O–H groups in total. The molecule has 1 nitrogen and oxygen atoms in total. The number of rotatable bonds is 5. The number of hydrogen-bond donors (Lipinski definition) is 0. The molecule has 0 bridgehead atoms. The lowest BCUT2D eigenvalue weighted by molar-refractivity contribution is 0.191. The predicted octanol–water partition coefficient (Wildman–Crippen LogP) is 4.60. The normalized spacial score (nSPS) is 21.6. The summed E-state index contributed by atoms with van der Waals surface area (Å²) in [5.41, 5.74) is 1.27. The van der Waals surface area contributed by atoms with E-state index in [0.717, 1.165) is 0 Å². The van der Waals surface area contributed by atoms with E-state index in [4.69, 9.17) is 0 Å². The number of benzene rings is 1. The van der Waals surface area contributed by atoms with Crippen molar-refractivity contribution in [3.05, 3.63) is 35.9 Å². The van der Waals surface area contributed by atoms with Crippen molar-refractivity contribution in [2.45, 2.75) is 51.4 Å². The Labute approximate surface area is 124 Å². The quantitative estimate of drug-likeness (QED) is 0.566. The van der Waals surface area contributed by atoms with Crippen molar-refractivity contribution in [1.29, 1.82) is 0 Å². The van der Waals surface area contributed by atoms with Gasteiger partial charge >= 0.3 is 0 Å². The van der Waals surface area contributed by atoms with E-state index < -0.39 is 8.41 Å². The van der Waals surface area contributed by atoms with Gasteiger partial charge in [0.1, 0.15) is 0 Å². The van der Waals surface area contributed by atoms with E-state index in [9.17, 15) is 4.11 Å². The Kier molecular flexibility index (Phi) is 5.03. The van der Waals surface area contributed by atoms with Crippen LogP contribution in [0.15, 0.2) is 30.3 Å². The average molecular weight is 294 g/mol. The third kappa shape index (κ3) is 3.50. The van der Waals surface area contributed by atoms with Gasteiger partial charge in [0, 0.05) is 11.6 Å². The second kappa shape index (κ2) is 6.40. The molecule has 2 rings (SSSR count). The van der Waals surface area contributed by atoms with E-state index >= 15 is 0 Å². The lowest BCUT2D eigenvalue weighted by atomic mass is 9.93. The smallest absolute Gasteiger partial charge is 0.248 e. The van der Waals surface area contributed by atoms with Gasteiger partial charge in [0.2, 0.25) is 8.41 Å². The maximum absolute atomic E-state index is 15.0. The van der Waals surface area contributed by atoms with Crippen LogP contribution in [0.1, 0.15) is 37.8 Å². The summed E-state index contributed by atoms with van der Waals surface area (Å²) in [5, 5.41) is 0. The molecular weight excluding hydrogens is 265 g/mol. The molecule has 1 aliphatic heterocycles. The minimum atomic E-state index is -2.73. The maximum Gasteiger partial charge on any atom is 0.248 e. The Morgan fingerprint density at radius 2 is 1.60 bits per heavy atom. The third-order valence-electron chi connectivity index (χ3n) is 4.90. The van der Waals surface area contributed by atoms with Crippen molar-refractivity contribution in [3.8, 4) is 0 Å². The summed E-state index contributed by atoms with van der Waals surface area (Å²) in [6, 6.07) is 10.8. The summed E-state index contributed by atoms with van der Waals surface area (Å²) in [4.78, 5) is 2.54. The molecule has 0 spiro atoms. The van der Waals surface area contributed by atoms with Gasteiger partial charge < -0.3 is 9.01 Å². The minimum absolute atomic E-state index is 0.0827. The molecule has 3 heteroatoms. The Balaban J connectivity index is 2.22. The molecule has 1 fully saturated rings. The molecule has 20 heavy (non-hydrogen) atoms. The molecule has 0 aliphatic carbocycles. The van der Waals surface area contributed by atoms with E-state index in [2.05, 4.69) is 30.9 Å². The molecule has 3 atom stereocenters. The summed E-state index contributed by atoms with van der Waals surface area (Å²) in [5.74, 6) is 0.363. The van der Waals surface area contributed by atoms with Gasteiger partial charge in [0.15, 0.2) is 0 Å². The minimum Gasteiger partial charge on any atom is -0.314 e. The maximum atomic E-state index is 15.0. The average Bonchev–Trinajstić information content (AvgIpc) is 2.91. The van der Waals surface area contributed by atoms with Crippen LogP contribution in [0.5, 0.6) is 0 Å². The highest BCUT2D eigenvalue weighted by atomic mass is 28.4. The van der Waals surface area contributed by atoms with Crippen LogP contribution in [0.2, 0.25) is 13.1 Å². The van der Waals surface area contributed by atoms with Crippen LogP contribution in [-0.2, 0) is 0 Å². The van der Waals surface area contributed by atoms with Crippen LogP contribution in [0.4, 0.5) is 4.11 Å². The molecule has 1 heterocycles. The van der Waals surface area contributed by atoms with Crippen molar-refractivity contribution >= 4 is 8.41 Å². The number of likely N-dealkylation sites (tertiary alicyclic amines) is 1. The molecule has 0 radical (unpaired) electrons. The first kappa shape index (κ1) is 15.7. The van der Waals surface area contributed by atoms with E-state index in [0.29, 0.717) is 12.0 Å². The lowest BCUT2D eigenvalue weighted by Gasteiger charge is -2.38. The topological polar surface area (TPSA) is 3.24 Å². The molecule has 1 aromatic carbocycles. The van der Waals surface area contributed by atoms with Gasteiger partial charge in [-0.25, -0.2) is 0 Å². The summed E-state index contributed by atoms with van der Waals surface area (Å²) in [6.45, 7) is 10.6. The number of hydrogen-bond acceptors (Lipinski definition) is 1. The predicted molar refractivity (Wildman–Crippen MR) is 87.2 cm³/mol. The van der Waals surface area contributed by atoms with Gasteiger partial charge in [0.25, 0.3) is 0 Å². The Morgan fingerprint density at radius 3 is 2.10 bits per heavy atom. The van der Waals surface area contributed by atoms with Gasteiger partial charge in [-0.15, -0.1) is 0 Å². The van der Waals surface area contributed by atoms with Crippen LogP contribution in [0.3, 0.4) is 0 Å². The van der Waals surface area contributed by atoms with Crippen molar-refractivity contribution in [2.24, 2.45) is 5.92 Å². The van der Waals surface area contributed by atoms with E-state index in [-0.39, 0.29) is 5.54 Å². The SMILES string of the molecule is CC(C(C)N1CCCC1)C(c1ccccc1)[Si](C)(C)F. The van der Waals surface area contributed by atoms with Gasteiger partial charge in [-0.3, -0.25) is 0 Å². The lowest BCUT2D eigenvalue weighted by Crippen LogP contribution is -2.44. The second-order valence-electron chi connectivity index (χ2n) is 6.80. The Bertz CT molecular complexity index is 409. The van der Waals surface area contributed by atoms with Crippen LogP contribution in [-0.4, -0.2) is 32.4 Å². The van der Waals surface area contributed by atoms with Gasteiger partial charge in [-0.2, -0.15) is 0 Å². The fourth-order valence-electron chi connectivity index (χ4n) is 3.75. The third-order valence-corrected chi connectivity index (χ3v) is 7.24. The van der Waals surface area contributed by atoms with Gasteiger partial charge in [0.05, 0.1) is 0 Å². The van der Waals surface area contributed by atoms with Crippen LogP contribution >= 0.6 is 0 Å². The van der Waals surface area contributed by atoms with E-state index in [1.807, 2.05) is 31.3 Å². The second-order valence-corrected chi connectivity index (χ2v) is 10.5. The molecule has 1 aromatic rings. The molecular formula is C17H28FNSi. The van der Waals surface area contributed by atoms with E-state index in [1.54, 1.807) is 0 Å². The summed E-state index contributed by atoms with van der Waals surface area (Å²) < 4.78 is 15.0. The zero-order valence-electron chi connectivity index (χ0n) is 13.3. The molecule has 112 valence electrons. The largest absolute Gasteiger partial charge is 0.314 e. The van der Waals surface area contributed by atoms with Crippen molar-refractivity contribution in [3.63, 3.8) is 0 Å². The Morgan fingerprint density at radius 1 is 1.05 bits per heavy atom. The summed E-state index contributed by atoms with van der Waals surface area (Å²) >= 11 is 0. The highest BCUT2D eigenvalue weighted by molar-refractivity contribution is 6.72. The number of halogens is 1. The van der Waals surface area contributed by atoms with Gasteiger partial charge in [-0.1, -0.05) is 37.3 Å². The molecule has 3 unspecified atom stereocenters. The molecule has 0 amide bonds. The Hall–Kier alpha value is -0.673. The monoisotopic (exact) mass is 293 g/mol. The van der Waals surface area contributed by atoms with Gasteiger partial charge in [-0.05, 0) is 57.4 Å². The fraction of sp³-hybridized carbons (Fsp3) is 0.647. The first-order chi connectivity index (χ1) is 9.41. The van der Waals surface area contributed by atoms with Crippen LogP contribution < -0.4 is 0 Å². The van der Waals surface area contributed by atoms with Crippen molar-refractivity contribution in [2.75, 3.05) is 13.1 Å². The highest BCUT2D eigenvalue weighted by Crippen LogP contribution is 2.38. The summed E-state index contributed by atoms with van der Waals surface area (Å²) in [7, 11) is -2.73. The van der Waals surface area contributed by atoms with Crippen LogP contribution in [0, 0.1) is 5.92 Å². The van der Waals surface area contributed by atoms with E-state index in [1.165, 1.54) is 31.5 Å². The standard InChI is InChI=1S/C17H28FNSi/c1-14(15(2)19-12-8-9-13-19)17(20(3,4)18)16-10-6-5-7-11-16/h5-7,10-11,14-15,17H,8-9,12-13H2,1-4H3. The fourth-order valence-corrected chi connectivity index (χ4v) is 6.26. The molecule has 0 aromatic heterocycles. The first-order valence-electron chi connectivity index (χ1n) is 7.89. The highest BCUT2D eigenvalue weighted by Gasteiger charge is 2.41. The van der Waals surface area contributed by atoms with Crippen molar-refractivity contribution in [1.82, 2.24) is 4.90 Å². The number of nitrogens with zero attached hydrogens (tertiary/aromatic N) is 1. The zero-order chi connectivity index (χ0) is 14.8. The molecule has 1 aliphatic rings. The molecule has 1 saturated heterocycles. The first-order valence-corrected chi connectivity index (χ1v) is 10.8. The molecule has 0 saturated carbocycles. The summed E-state index contributed by atoms with van der Waals surface area (Å²) in [6.07, 6.45) is 2.59. The van der Waals surface area contributed by atoms with Crippen molar-refractivity contribution < 1.29 is 4.11 Å². The van der Waals surface area contributed by atoms with Crippen LogP contribution in [0.25, 0.3) is 0 Å². The zero-order valence-corrected chi connectivity index (χ0v) is 14.3.